The Morgan fingerprint density at radius 3 is 2.64 bits per heavy atom. The number of nitrogens with one attached hydrogen (secondary N) is 1. The molecule has 0 spiro atoms. The largest absolute Gasteiger partial charge is 0.465 e. The standard InChI is InChI=1S/C15H17N3O3S/c1-21-15(20)11-4-2-10(3-5-11)8-17-13(19)6-12-9-22-14(7-16)18-12/h2-5,9H,6-8,16H2,1H3,(H,17,19). The Labute approximate surface area is 132 Å². The molecule has 0 atom stereocenters. The van der Waals surface area contributed by atoms with Gasteiger partial charge in [-0.3, -0.25) is 4.79 Å². The van der Waals surface area contributed by atoms with Crippen LogP contribution in [0.15, 0.2) is 29.6 Å². The number of carbonyl (C=O) groups excluding carboxylic acids is 2. The normalized spacial score (nSPS) is 10.3. The van der Waals surface area contributed by atoms with Gasteiger partial charge in [0.25, 0.3) is 0 Å². The third-order valence-corrected chi connectivity index (χ3v) is 3.90. The summed E-state index contributed by atoms with van der Waals surface area (Å²) < 4.78 is 4.63. The van der Waals surface area contributed by atoms with E-state index < -0.39 is 0 Å². The Morgan fingerprint density at radius 2 is 2.05 bits per heavy atom. The van der Waals surface area contributed by atoms with Crippen LogP contribution in [-0.4, -0.2) is 24.0 Å². The van der Waals surface area contributed by atoms with Crippen LogP contribution in [0, 0.1) is 0 Å². The lowest BCUT2D eigenvalue weighted by Crippen LogP contribution is -2.24. The maximum atomic E-state index is 11.9. The van der Waals surface area contributed by atoms with Crippen molar-refractivity contribution in [1.82, 2.24) is 10.3 Å². The second kappa shape index (κ2) is 7.67. The van der Waals surface area contributed by atoms with E-state index in [1.54, 1.807) is 24.3 Å². The maximum Gasteiger partial charge on any atom is 0.337 e. The summed E-state index contributed by atoms with van der Waals surface area (Å²) in [6.07, 6.45) is 0.233. The molecule has 2 rings (SSSR count). The topological polar surface area (TPSA) is 94.3 Å². The van der Waals surface area contributed by atoms with Crippen LogP contribution >= 0.6 is 11.3 Å². The average Bonchev–Trinajstić information content (AvgIpc) is 3.00. The lowest BCUT2D eigenvalue weighted by Gasteiger charge is -2.05. The van der Waals surface area contributed by atoms with Crippen molar-refractivity contribution in [1.29, 1.82) is 0 Å². The van der Waals surface area contributed by atoms with Gasteiger partial charge in [-0.05, 0) is 17.7 Å². The smallest absolute Gasteiger partial charge is 0.337 e. The minimum atomic E-state index is -0.380. The number of esters is 1. The molecule has 0 aliphatic carbocycles. The molecule has 0 bridgehead atoms. The Hall–Kier alpha value is -2.25. The van der Waals surface area contributed by atoms with Gasteiger partial charge in [0.1, 0.15) is 5.01 Å². The summed E-state index contributed by atoms with van der Waals surface area (Å²) in [6.45, 7) is 0.785. The molecule has 1 amide bonds. The fourth-order valence-corrected chi connectivity index (χ4v) is 2.50. The van der Waals surface area contributed by atoms with E-state index in [1.165, 1.54) is 18.4 Å². The van der Waals surface area contributed by atoms with Gasteiger partial charge in [0, 0.05) is 18.5 Å². The fraction of sp³-hybridized carbons (Fsp3) is 0.267. The quantitative estimate of drug-likeness (QED) is 0.781. The molecule has 6 nitrogen and oxygen atoms in total. The molecule has 0 unspecified atom stereocenters. The molecule has 1 aromatic carbocycles. The first-order valence-electron chi connectivity index (χ1n) is 6.69. The van der Waals surface area contributed by atoms with E-state index in [0.29, 0.717) is 18.7 Å². The number of nitrogens with two attached hydrogens (primary N) is 1. The number of rotatable bonds is 6. The Balaban J connectivity index is 1.84. The van der Waals surface area contributed by atoms with E-state index in [1.807, 2.05) is 5.38 Å². The molecule has 22 heavy (non-hydrogen) atoms. The van der Waals surface area contributed by atoms with Gasteiger partial charge in [0.2, 0.25) is 5.91 Å². The van der Waals surface area contributed by atoms with E-state index in [4.69, 9.17) is 5.73 Å². The van der Waals surface area contributed by atoms with Gasteiger partial charge in [-0.15, -0.1) is 11.3 Å². The van der Waals surface area contributed by atoms with E-state index in [2.05, 4.69) is 15.0 Å². The first-order chi connectivity index (χ1) is 10.6. The highest BCUT2D eigenvalue weighted by atomic mass is 32.1. The van der Waals surface area contributed by atoms with Crippen molar-refractivity contribution >= 4 is 23.2 Å². The van der Waals surface area contributed by atoms with Gasteiger partial charge in [0.05, 0.1) is 24.8 Å². The van der Waals surface area contributed by atoms with Crippen LogP contribution in [0.4, 0.5) is 0 Å². The molecular weight excluding hydrogens is 302 g/mol. The monoisotopic (exact) mass is 319 g/mol. The first-order valence-corrected chi connectivity index (χ1v) is 7.57. The van der Waals surface area contributed by atoms with E-state index in [0.717, 1.165) is 16.3 Å². The Morgan fingerprint density at radius 1 is 1.32 bits per heavy atom. The number of nitrogens with zero attached hydrogens (tertiary/aromatic N) is 1. The van der Waals surface area contributed by atoms with Gasteiger partial charge >= 0.3 is 5.97 Å². The van der Waals surface area contributed by atoms with Crippen molar-refractivity contribution in [2.24, 2.45) is 5.73 Å². The summed E-state index contributed by atoms with van der Waals surface area (Å²) in [7, 11) is 1.34. The molecule has 0 aliphatic heterocycles. The Kier molecular flexibility index (Phi) is 5.62. The lowest BCUT2D eigenvalue weighted by molar-refractivity contribution is -0.120. The Bertz CT molecular complexity index is 652. The molecular formula is C15H17N3O3S. The summed E-state index contributed by atoms with van der Waals surface area (Å²) in [5, 5.41) is 5.48. The zero-order valence-electron chi connectivity index (χ0n) is 12.2. The van der Waals surface area contributed by atoms with Crippen LogP contribution in [0.5, 0.6) is 0 Å². The number of aromatic nitrogens is 1. The number of thiazole rings is 1. The van der Waals surface area contributed by atoms with E-state index >= 15 is 0 Å². The van der Waals surface area contributed by atoms with Crippen LogP contribution in [0.25, 0.3) is 0 Å². The molecule has 7 heteroatoms. The highest BCUT2D eigenvalue weighted by Gasteiger charge is 2.08. The predicted octanol–water partition coefficient (Wildman–Crippen LogP) is 1.25. The van der Waals surface area contributed by atoms with Crippen LogP contribution in [0.2, 0.25) is 0 Å². The highest BCUT2D eigenvalue weighted by Crippen LogP contribution is 2.09. The van der Waals surface area contributed by atoms with Gasteiger partial charge in [-0.25, -0.2) is 9.78 Å². The van der Waals surface area contributed by atoms with Crippen molar-refractivity contribution in [2.75, 3.05) is 7.11 Å². The highest BCUT2D eigenvalue weighted by molar-refractivity contribution is 7.09. The van der Waals surface area contributed by atoms with E-state index in [-0.39, 0.29) is 18.3 Å². The fourth-order valence-electron chi connectivity index (χ4n) is 1.83. The summed E-state index contributed by atoms with van der Waals surface area (Å²) in [6, 6.07) is 6.90. The third kappa shape index (κ3) is 4.37. The number of amides is 1. The molecule has 0 saturated heterocycles. The number of ether oxygens (including phenoxy) is 1. The van der Waals surface area contributed by atoms with Crippen molar-refractivity contribution in [3.8, 4) is 0 Å². The molecule has 0 fully saturated rings. The zero-order chi connectivity index (χ0) is 15.9. The number of hydrogen-bond donors (Lipinski definition) is 2. The SMILES string of the molecule is COC(=O)c1ccc(CNC(=O)Cc2csc(CN)n2)cc1. The van der Waals surface area contributed by atoms with Gasteiger partial charge in [-0.1, -0.05) is 12.1 Å². The number of hydrogen-bond acceptors (Lipinski definition) is 6. The summed E-state index contributed by atoms with van der Waals surface area (Å²) in [4.78, 5) is 27.4. The second-order valence-corrected chi connectivity index (χ2v) is 5.52. The van der Waals surface area contributed by atoms with Gasteiger partial charge < -0.3 is 15.8 Å². The van der Waals surface area contributed by atoms with E-state index in [9.17, 15) is 9.59 Å². The number of methoxy groups -OCH3 is 1. The number of benzene rings is 1. The van der Waals surface area contributed by atoms with Crippen LogP contribution in [0.1, 0.15) is 26.6 Å². The van der Waals surface area contributed by atoms with Crippen LogP contribution in [-0.2, 0) is 29.0 Å². The molecule has 116 valence electrons. The van der Waals surface area contributed by atoms with Crippen molar-refractivity contribution < 1.29 is 14.3 Å². The molecule has 0 saturated carbocycles. The first kappa shape index (κ1) is 16.1. The van der Waals surface area contributed by atoms with Crippen LogP contribution in [0.3, 0.4) is 0 Å². The summed E-state index contributed by atoms with van der Waals surface area (Å²) in [5.41, 5.74) is 7.60. The summed E-state index contributed by atoms with van der Waals surface area (Å²) >= 11 is 1.45. The van der Waals surface area contributed by atoms with Gasteiger partial charge in [-0.2, -0.15) is 0 Å². The third-order valence-electron chi connectivity index (χ3n) is 2.98. The van der Waals surface area contributed by atoms with Gasteiger partial charge in [0.15, 0.2) is 0 Å². The van der Waals surface area contributed by atoms with Crippen molar-refractivity contribution in [3.63, 3.8) is 0 Å². The maximum absolute atomic E-state index is 11.9. The van der Waals surface area contributed by atoms with Crippen molar-refractivity contribution in [3.05, 3.63) is 51.5 Å². The molecule has 0 radical (unpaired) electrons. The minimum absolute atomic E-state index is 0.106. The molecule has 2 aromatic rings. The molecule has 0 aliphatic rings. The predicted molar refractivity (Wildman–Crippen MR) is 83.3 cm³/mol. The number of carbonyl (C=O) groups is 2. The molecule has 1 heterocycles. The van der Waals surface area contributed by atoms with Crippen LogP contribution < -0.4 is 11.1 Å². The lowest BCUT2D eigenvalue weighted by atomic mass is 10.1. The average molecular weight is 319 g/mol. The minimum Gasteiger partial charge on any atom is -0.465 e. The summed E-state index contributed by atoms with van der Waals surface area (Å²) in [5.74, 6) is -0.485. The second-order valence-electron chi connectivity index (χ2n) is 4.58. The van der Waals surface area contributed by atoms with Crippen molar-refractivity contribution in [2.45, 2.75) is 19.5 Å². The molecule has 1 aromatic heterocycles. The molecule has 3 N–H and O–H groups in total. The zero-order valence-corrected chi connectivity index (χ0v) is 13.0.